The third-order valence-electron chi connectivity index (χ3n) is 3.72. The summed E-state index contributed by atoms with van der Waals surface area (Å²) in [6, 6.07) is 13.7. The lowest BCUT2D eigenvalue weighted by atomic mass is 9.96. The molecule has 0 aliphatic carbocycles. The molecule has 0 amide bonds. The third-order valence-corrected chi connectivity index (χ3v) is 4.01. The SMILES string of the molecule is CCNC(Cc1ccccc1C)Cc1cccc(Cl)c1F. The first-order valence-corrected chi connectivity index (χ1v) is 7.70. The van der Waals surface area contributed by atoms with Gasteiger partial charge in [-0.25, -0.2) is 4.39 Å². The van der Waals surface area contributed by atoms with Gasteiger partial charge in [0.05, 0.1) is 5.02 Å². The Kier molecular flexibility index (Phi) is 5.77. The maximum absolute atomic E-state index is 14.1. The standard InChI is InChI=1S/C18H21ClFN/c1-3-21-16(11-14-8-5-4-7-13(14)2)12-15-9-6-10-17(19)18(15)20/h4-10,16,21H,3,11-12H2,1-2H3. The molecule has 1 unspecified atom stereocenters. The molecule has 1 nitrogen and oxygen atoms in total. The van der Waals surface area contributed by atoms with Crippen molar-refractivity contribution in [2.45, 2.75) is 32.7 Å². The lowest BCUT2D eigenvalue weighted by molar-refractivity contribution is 0.505. The van der Waals surface area contributed by atoms with Gasteiger partial charge in [0.1, 0.15) is 5.82 Å². The van der Waals surface area contributed by atoms with Gasteiger partial charge in [0.15, 0.2) is 0 Å². The van der Waals surface area contributed by atoms with Crippen LogP contribution >= 0.6 is 11.6 Å². The minimum atomic E-state index is -0.299. The first-order chi connectivity index (χ1) is 10.1. The predicted octanol–water partition coefficient (Wildman–Crippen LogP) is 4.55. The average molecular weight is 306 g/mol. The first kappa shape index (κ1) is 16.0. The van der Waals surface area contributed by atoms with Gasteiger partial charge in [-0.15, -0.1) is 0 Å². The van der Waals surface area contributed by atoms with E-state index in [1.165, 1.54) is 11.1 Å². The zero-order chi connectivity index (χ0) is 15.2. The molecule has 0 saturated heterocycles. The highest BCUT2D eigenvalue weighted by atomic mass is 35.5. The minimum absolute atomic E-state index is 0.193. The fourth-order valence-electron chi connectivity index (χ4n) is 2.58. The summed E-state index contributed by atoms with van der Waals surface area (Å²) in [5, 5.41) is 3.64. The van der Waals surface area contributed by atoms with Crippen molar-refractivity contribution in [3.8, 4) is 0 Å². The van der Waals surface area contributed by atoms with Crippen LogP contribution in [0.5, 0.6) is 0 Å². The van der Waals surface area contributed by atoms with Crippen molar-refractivity contribution >= 4 is 11.6 Å². The molecule has 1 N–H and O–H groups in total. The lowest BCUT2D eigenvalue weighted by Crippen LogP contribution is -2.33. The fourth-order valence-corrected chi connectivity index (χ4v) is 2.78. The Morgan fingerprint density at radius 2 is 1.71 bits per heavy atom. The Morgan fingerprint density at radius 1 is 1.05 bits per heavy atom. The van der Waals surface area contributed by atoms with Crippen LogP contribution in [0.1, 0.15) is 23.6 Å². The summed E-state index contributed by atoms with van der Waals surface area (Å²) in [5.41, 5.74) is 3.24. The fraction of sp³-hybridized carbons (Fsp3) is 0.333. The number of likely N-dealkylation sites (N-methyl/N-ethyl adjacent to an activating group) is 1. The van der Waals surface area contributed by atoms with E-state index in [9.17, 15) is 4.39 Å². The molecule has 112 valence electrons. The molecule has 0 bridgehead atoms. The van der Waals surface area contributed by atoms with Crippen molar-refractivity contribution in [2.24, 2.45) is 0 Å². The highest BCUT2D eigenvalue weighted by Crippen LogP contribution is 2.20. The maximum Gasteiger partial charge on any atom is 0.145 e. The van der Waals surface area contributed by atoms with Crippen molar-refractivity contribution in [2.75, 3.05) is 6.54 Å². The summed E-state index contributed by atoms with van der Waals surface area (Å²) < 4.78 is 14.1. The molecule has 0 spiro atoms. The molecule has 0 heterocycles. The molecule has 0 saturated carbocycles. The number of halogens is 2. The number of hydrogen-bond donors (Lipinski definition) is 1. The molecule has 0 radical (unpaired) electrons. The molecule has 0 aliphatic heterocycles. The van der Waals surface area contributed by atoms with Crippen LogP contribution in [0.15, 0.2) is 42.5 Å². The normalized spacial score (nSPS) is 12.4. The first-order valence-electron chi connectivity index (χ1n) is 7.32. The minimum Gasteiger partial charge on any atom is -0.314 e. The molecular formula is C18H21ClFN. The van der Waals surface area contributed by atoms with Gasteiger partial charge in [0, 0.05) is 6.04 Å². The van der Waals surface area contributed by atoms with Crippen LogP contribution in [0.4, 0.5) is 4.39 Å². The van der Waals surface area contributed by atoms with Crippen molar-refractivity contribution in [3.05, 3.63) is 70.0 Å². The molecule has 0 aromatic heterocycles. The van der Waals surface area contributed by atoms with E-state index in [2.05, 4.69) is 31.3 Å². The largest absolute Gasteiger partial charge is 0.314 e. The Bertz CT molecular complexity index is 598. The molecule has 3 heteroatoms. The summed E-state index contributed by atoms with van der Waals surface area (Å²) in [6.45, 7) is 5.04. The number of rotatable bonds is 6. The van der Waals surface area contributed by atoms with E-state index in [1.807, 2.05) is 18.2 Å². The van der Waals surface area contributed by atoms with Crippen LogP contribution in [0.3, 0.4) is 0 Å². The van der Waals surface area contributed by atoms with E-state index in [0.717, 1.165) is 13.0 Å². The van der Waals surface area contributed by atoms with Crippen LogP contribution in [0.2, 0.25) is 5.02 Å². The van der Waals surface area contributed by atoms with Crippen LogP contribution in [0.25, 0.3) is 0 Å². The molecular weight excluding hydrogens is 285 g/mol. The van der Waals surface area contributed by atoms with E-state index in [-0.39, 0.29) is 16.9 Å². The van der Waals surface area contributed by atoms with Gasteiger partial charge in [0.2, 0.25) is 0 Å². The van der Waals surface area contributed by atoms with Gasteiger partial charge in [0.25, 0.3) is 0 Å². The van der Waals surface area contributed by atoms with E-state index >= 15 is 0 Å². The van der Waals surface area contributed by atoms with Gasteiger partial charge >= 0.3 is 0 Å². The molecule has 0 aliphatic rings. The Hall–Kier alpha value is -1.38. The van der Waals surface area contributed by atoms with E-state index in [1.54, 1.807) is 12.1 Å². The summed E-state index contributed by atoms with van der Waals surface area (Å²) in [5.74, 6) is -0.299. The summed E-state index contributed by atoms with van der Waals surface area (Å²) in [7, 11) is 0. The van der Waals surface area contributed by atoms with Gasteiger partial charge in [-0.1, -0.05) is 54.9 Å². The molecule has 2 aromatic rings. The Morgan fingerprint density at radius 3 is 2.43 bits per heavy atom. The van der Waals surface area contributed by atoms with Gasteiger partial charge in [-0.2, -0.15) is 0 Å². The Labute approximate surface area is 131 Å². The topological polar surface area (TPSA) is 12.0 Å². The van der Waals surface area contributed by atoms with Gasteiger partial charge in [-0.05, 0) is 49.1 Å². The van der Waals surface area contributed by atoms with Crippen LogP contribution in [-0.2, 0) is 12.8 Å². The van der Waals surface area contributed by atoms with Crippen LogP contribution < -0.4 is 5.32 Å². The summed E-state index contributed by atoms with van der Waals surface area (Å²) >= 11 is 5.86. The maximum atomic E-state index is 14.1. The van der Waals surface area contributed by atoms with Gasteiger partial charge in [-0.3, -0.25) is 0 Å². The smallest absolute Gasteiger partial charge is 0.145 e. The van der Waals surface area contributed by atoms with Crippen molar-refractivity contribution in [1.29, 1.82) is 0 Å². The van der Waals surface area contributed by atoms with Crippen LogP contribution in [0, 0.1) is 12.7 Å². The van der Waals surface area contributed by atoms with Crippen molar-refractivity contribution < 1.29 is 4.39 Å². The number of benzene rings is 2. The van der Waals surface area contributed by atoms with Crippen molar-refractivity contribution in [1.82, 2.24) is 5.32 Å². The highest BCUT2D eigenvalue weighted by Gasteiger charge is 2.14. The van der Waals surface area contributed by atoms with E-state index in [4.69, 9.17) is 11.6 Å². The molecule has 2 aromatic carbocycles. The predicted molar refractivity (Wildman–Crippen MR) is 87.5 cm³/mol. The zero-order valence-electron chi connectivity index (χ0n) is 12.5. The summed E-state index contributed by atoms with van der Waals surface area (Å²) in [4.78, 5) is 0. The monoisotopic (exact) mass is 305 g/mol. The summed E-state index contributed by atoms with van der Waals surface area (Å²) in [6.07, 6.45) is 1.51. The van der Waals surface area contributed by atoms with Crippen LogP contribution in [-0.4, -0.2) is 12.6 Å². The third kappa shape index (κ3) is 4.29. The lowest BCUT2D eigenvalue weighted by Gasteiger charge is -2.19. The average Bonchev–Trinajstić information content (AvgIpc) is 2.46. The molecule has 0 fully saturated rings. The van der Waals surface area contributed by atoms with E-state index in [0.29, 0.717) is 12.0 Å². The zero-order valence-corrected chi connectivity index (χ0v) is 13.3. The second-order valence-corrected chi connectivity index (χ2v) is 5.71. The number of aryl methyl sites for hydroxylation is 1. The highest BCUT2D eigenvalue weighted by molar-refractivity contribution is 6.30. The number of hydrogen-bond acceptors (Lipinski definition) is 1. The quantitative estimate of drug-likeness (QED) is 0.825. The van der Waals surface area contributed by atoms with E-state index < -0.39 is 0 Å². The Balaban J connectivity index is 2.16. The molecule has 21 heavy (non-hydrogen) atoms. The molecule has 2 rings (SSSR count). The van der Waals surface area contributed by atoms with Gasteiger partial charge < -0.3 is 5.32 Å². The molecule has 1 atom stereocenters. The van der Waals surface area contributed by atoms with Crippen molar-refractivity contribution in [3.63, 3.8) is 0 Å². The second-order valence-electron chi connectivity index (χ2n) is 5.30. The number of nitrogens with one attached hydrogen (secondary N) is 1. The second kappa shape index (κ2) is 7.58.